The molecule has 0 bridgehead atoms. The summed E-state index contributed by atoms with van der Waals surface area (Å²) in [5.41, 5.74) is 7.00. The van der Waals surface area contributed by atoms with Crippen molar-refractivity contribution >= 4 is 73.1 Å². The molecule has 30 heavy (non-hydrogen) atoms. The summed E-state index contributed by atoms with van der Waals surface area (Å²) in [6.45, 7) is 1.89. The molecule has 0 saturated carbocycles. The third-order valence-electron chi connectivity index (χ3n) is 3.98. The quantitative estimate of drug-likeness (QED) is 0.170. The molecule has 3 rings (SSSR count). The molecule has 1 aliphatic rings. The van der Waals surface area contributed by atoms with Gasteiger partial charge in [0.25, 0.3) is 5.71 Å². The first-order valence-electron chi connectivity index (χ1n) is 8.57. The maximum Gasteiger partial charge on any atom is 0.440 e. The molecule has 1 unspecified atom stereocenters. The zero-order valence-corrected chi connectivity index (χ0v) is 20.9. The van der Waals surface area contributed by atoms with Crippen molar-refractivity contribution in [2.75, 3.05) is 6.26 Å². The number of rotatable bonds is 7. The summed E-state index contributed by atoms with van der Waals surface area (Å²) in [5.74, 6) is -0.110. The molecule has 1 atom stereocenters. The van der Waals surface area contributed by atoms with Crippen molar-refractivity contribution in [3.63, 3.8) is 0 Å². The van der Waals surface area contributed by atoms with E-state index in [-0.39, 0.29) is 15.3 Å². The normalized spacial score (nSPS) is 18.1. The van der Waals surface area contributed by atoms with Gasteiger partial charge in [0.05, 0.1) is 9.80 Å². The lowest BCUT2D eigenvalue weighted by atomic mass is 10.2. The second kappa shape index (κ2) is 9.82. The van der Waals surface area contributed by atoms with Crippen LogP contribution in [0.15, 0.2) is 73.8 Å². The average molecular weight is 546 g/mol. The van der Waals surface area contributed by atoms with E-state index in [2.05, 4.69) is 15.9 Å². The SMILES string of the molecule is CSC1SC(C(=N)N)=CC1=[N+](OSc1cccc(Br)c1)S(=O)(=O)c1ccc(C)cc1. The fourth-order valence-electron chi connectivity index (χ4n) is 2.48. The Bertz CT molecular complexity index is 1130. The highest BCUT2D eigenvalue weighted by atomic mass is 79.9. The highest BCUT2D eigenvalue weighted by Gasteiger charge is 2.42. The van der Waals surface area contributed by atoms with Gasteiger partial charge in [0.2, 0.25) is 0 Å². The fraction of sp³-hybridized carbons (Fsp3) is 0.158. The lowest BCUT2D eigenvalue weighted by Gasteiger charge is -2.08. The molecule has 0 spiro atoms. The van der Waals surface area contributed by atoms with Gasteiger partial charge < -0.3 is 5.73 Å². The predicted octanol–water partition coefficient (Wildman–Crippen LogP) is 4.79. The molecule has 2 aromatic rings. The summed E-state index contributed by atoms with van der Waals surface area (Å²) in [7, 11) is -4.01. The summed E-state index contributed by atoms with van der Waals surface area (Å²) >= 11 is 7.12. The second-order valence-electron chi connectivity index (χ2n) is 6.19. The van der Waals surface area contributed by atoms with Gasteiger partial charge in [0.15, 0.2) is 12.0 Å². The van der Waals surface area contributed by atoms with Crippen LogP contribution in [0.5, 0.6) is 0 Å². The predicted molar refractivity (Wildman–Crippen MR) is 130 cm³/mol. The molecule has 1 aliphatic heterocycles. The lowest BCUT2D eigenvalue weighted by molar-refractivity contribution is -0.617. The summed E-state index contributed by atoms with van der Waals surface area (Å²) < 4.78 is 34.3. The zero-order valence-electron chi connectivity index (χ0n) is 16.0. The average Bonchev–Trinajstić information content (AvgIpc) is 3.13. The van der Waals surface area contributed by atoms with E-state index < -0.39 is 10.0 Å². The lowest BCUT2D eigenvalue weighted by Crippen LogP contribution is -2.29. The largest absolute Gasteiger partial charge is 0.440 e. The Kier molecular flexibility index (Phi) is 7.61. The Morgan fingerprint density at radius 3 is 2.57 bits per heavy atom. The first-order valence-corrected chi connectivity index (χ1v) is 13.7. The Morgan fingerprint density at radius 1 is 1.27 bits per heavy atom. The van der Waals surface area contributed by atoms with Crippen molar-refractivity contribution in [3.8, 4) is 0 Å². The summed E-state index contributed by atoms with van der Waals surface area (Å²) in [5, 5.41) is 7.74. The van der Waals surface area contributed by atoms with Crippen molar-refractivity contribution in [1.82, 2.24) is 0 Å². The van der Waals surface area contributed by atoms with E-state index in [1.165, 1.54) is 23.5 Å². The van der Waals surface area contributed by atoms with Crippen molar-refractivity contribution in [3.05, 3.63) is 69.5 Å². The van der Waals surface area contributed by atoms with E-state index >= 15 is 0 Å². The van der Waals surface area contributed by atoms with Crippen LogP contribution in [0, 0.1) is 12.3 Å². The molecular formula is C19H19BrN3O3S4+. The van der Waals surface area contributed by atoms with Crippen LogP contribution >= 0.6 is 51.5 Å². The van der Waals surface area contributed by atoms with Crippen LogP contribution in [0.1, 0.15) is 5.56 Å². The van der Waals surface area contributed by atoms with Crippen LogP contribution in [0.4, 0.5) is 0 Å². The van der Waals surface area contributed by atoms with Gasteiger partial charge in [-0.2, -0.15) is 12.7 Å². The van der Waals surface area contributed by atoms with Crippen LogP contribution in [0.3, 0.4) is 0 Å². The van der Waals surface area contributed by atoms with Gasteiger partial charge in [-0.1, -0.05) is 51.5 Å². The van der Waals surface area contributed by atoms with Crippen molar-refractivity contribution in [2.45, 2.75) is 21.3 Å². The third-order valence-corrected chi connectivity index (χ3v) is 9.41. The second-order valence-corrected chi connectivity index (χ2v) is 12.0. The molecule has 0 amide bonds. The van der Waals surface area contributed by atoms with Gasteiger partial charge in [-0.15, -0.1) is 11.8 Å². The van der Waals surface area contributed by atoms with Gasteiger partial charge in [0, 0.05) is 10.5 Å². The smallest absolute Gasteiger partial charge is 0.383 e. The fourth-order valence-corrected chi connectivity index (χ4v) is 7.17. The Labute approximate surface area is 197 Å². The van der Waals surface area contributed by atoms with E-state index in [0.717, 1.165) is 31.1 Å². The molecule has 158 valence electrons. The molecule has 2 aromatic carbocycles. The Balaban J connectivity index is 2.10. The van der Waals surface area contributed by atoms with Crippen LogP contribution in [-0.4, -0.2) is 34.9 Å². The highest BCUT2D eigenvalue weighted by molar-refractivity contribution is 9.10. The first-order chi connectivity index (χ1) is 14.2. The number of benzene rings is 2. The highest BCUT2D eigenvalue weighted by Crippen LogP contribution is 2.38. The number of thioether (sulfide) groups is 2. The number of sulfonamides is 1. The number of nitrogens with one attached hydrogen (secondary N) is 1. The Hall–Kier alpha value is -1.40. The topological polar surface area (TPSA) is 96.2 Å². The molecule has 0 aromatic heterocycles. The number of hydrogen-bond donors (Lipinski definition) is 2. The summed E-state index contributed by atoms with van der Waals surface area (Å²) in [4.78, 5) is 1.35. The summed E-state index contributed by atoms with van der Waals surface area (Å²) in [6.07, 6.45) is 3.47. The van der Waals surface area contributed by atoms with Crippen molar-refractivity contribution < 1.29 is 16.8 Å². The molecule has 0 saturated heterocycles. The molecular weight excluding hydrogens is 526 g/mol. The van der Waals surface area contributed by atoms with Crippen LogP contribution in [0.25, 0.3) is 0 Å². The van der Waals surface area contributed by atoms with Gasteiger partial charge in [-0.05, 0) is 43.5 Å². The minimum absolute atomic E-state index is 0.110. The van der Waals surface area contributed by atoms with Gasteiger partial charge in [0.1, 0.15) is 19.5 Å². The summed E-state index contributed by atoms with van der Waals surface area (Å²) in [6, 6.07) is 14.0. The van der Waals surface area contributed by atoms with Gasteiger partial charge >= 0.3 is 10.0 Å². The molecule has 0 radical (unpaired) electrons. The van der Waals surface area contributed by atoms with E-state index in [1.807, 2.05) is 37.4 Å². The number of hydrogen-bond acceptors (Lipinski definition) is 7. The third kappa shape index (κ3) is 5.25. The molecule has 0 fully saturated rings. The Morgan fingerprint density at radius 2 is 1.97 bits per heavy atom. The molecule has 11 heteroatoms. The maximum atomic E-state index is 13.5. The monoisotopic (exact) mass is 544 g/mol. The van der Waals surface area contributed by atoms with Crippen LogP contribution < -0.4 is 5.73 Å². The minimum atomic E-state index is -4.01. The van der Waals surface area contributed by atoms with Crippen LogP contribution in [-0.2, 0) is 14.3 Å². The van der Waals surface area contributed by atoms with E-state index in [4.69, 9.17) is 15.4 Å². The first kappa shape index (κ1) is 23.3. The molecule has 3 N–H and O–H groups in total. The number of nitrogens with zero attached hydrogens (tertiary/aromatic N) is 1. The van der Waals surface area contributed by atoms with Crippen molar-refractivity contribution in [2.24, 2.45) is 5.73 Å². The maximum absolute atomic E-state index is 13.5. The van der Waals surface area contributed by atoms with E-state index in [1.54, 1.807) is 30.3 Å². The van der Waals surface area contributed by atoms with Crippen molar-refractivity contribution in [1.29, 1.82) is 5.41 Å². The van der Waals surface area contributed by atoms with Gasteiger partial charge in [-0.25, -0.2) is 0 Å². The molecule has 0 aliphatic carbocycles. The number of allylic oxidation sites excluding steroid dienone is 1. The van der Waals surface area contributed by atoms with Crippen LogP contribution in [0.2, 0.25) is 0 Å². The molecule has 6 nitrogen and oxygen atoms in total. The number of amidine groups is 1. The number of halogens is 1. The zero-order chi connectivity index (χ0) is 21.9. The number of aryl methyl sites for hydroxylation is 1. The molecule has 1 heterocycles. The standard InChI is InChI=1S/C19H19BrN3O3S4/c1-12-6-8-15(9-7-12)30(24,25)23(26-29-14-5-3-4-13(20)10-14)16-11-17(18(21)22)28-19(16)27-2/h3-11,19H,1-2H3,(H3,21,22)/q+1. The minimum Gasteiger partial charge on any atom is -0.383 e. The number of nitrogens with two attached hydrogens (primary N) is 1. The van der Waals surface area contributed by atoms with E-state index in [0.29, 0.717) is 10.6 Å². The van der Waals surface area contributed by atoms with Gasteiger partial charge in [-0.3, -0.25) is 5.41 Å². The van der Waals surface area contributed by atoms with E-state index in [9.17, 15) is 8.42 Å².